The molecule has 4 heterocycles. The molecule has 13 heteroatoms. The minimum atomic E-state index is -3.99. The molecule has 2 amide bonds. The standard InChI is InChI=1S/C44H58ClN5O6S/c1-5-41(51)49-21-20-48-19-18-47(25-36(48)26-49)28-44(55-4)17-6-8-30(2)31(3)57(53,54)46-42(52)33-11-15-40-39(23-33)50(24-34-10-13-38(34)44)27-43(29-56-40)16-7-9-32-22-35(45)12-14-37(32)43/h5-6,11-12,14-15,17,22-23,30-31,34,36,38H,1,7-10,13,16,18-21,24-29H2,2-4H3,(H,46,52)/t30-,31+,34-,36-,38+,43-,44+/m0/s1. The van der Waals surface area contributed by atoms with Crippen molar-refractivity contribution in [3.63, 3.8) is 0 Å². The first-order valence-electron chi connectivity index (χ1n) is 20.8. The number of amides is 2. The van der Waals surface area contributed by atoms with Crippen LogP contribution >= 0.6 is 11.6 Å². The molecule has 2 aromatic carbocycles. The van der Waals surface area contributed by atoms with Gasteiger partial charge in [0.05, 0.1) is 17.5 Å². The third kappa shape index (κ3) is 7.77. The fraction of sp³-hybridized carbons (Fsp3) is 0.591. The summed E-state index contributed by atoms with van der Waals surface area (Å²) in [5, 5.41) is -0.0786. The molecule has 6 aliphatic rings. The smallest absolute Gasteiger partial charge is 0.264 e. The highest BCUT2D eigenvalue weighted by Crippen LogP contribution is 2.49. The van der Waals surface area contributed by atoms with E-state index in [0.717, 1.165) is 82.1 Å². The highest BCUT2D eigenvalue weighted by molar-refractivity contribution is 7.90. The molecule has 2 aliphatic carbocycles. The van der Waals surface area contributed by atoms with Gasteiger partial charge >= 0.3 is 0 Å². The van der Waals surface area contributed by atoms with Crippen LogP contribution in [-0.4, -0.2) is 124 Å². The van der Waals surface area contributed by atoms with Crippen molar-refractivity contribution in [1.29, 1.82) is 0 Å². The van der Waals surface area contributed by atoms with Crippen molar-refractivity contribution in [2.75, 3.05) is 77.5 Å². The molecular formula is C44H58ClN5O6S. The van der Waals surface area contributed by atoms with Crippen LogP contribution in [0.1, 0.15) is 67.4 Å². The summed E-state index contributed by atoms with van der Waals surface area (Å²) in [4.78, 5) is 35.7. The normalized spacial score (nSPS) is 33.1. The van der Waals surface area contributed by atoms with E-state index in [1.165, 1.54) is 17.2 Å². The molecule has 57 heavy (non-hydrogen) atoms. The summed E-state index contributed by atoms with van der Waals surface area (Å²) in [5.74, 6) is 0.261. The van der Waals surface area contributed by atoms with Gasteiger partial charge in [-0.25, -0.2) is 13.1 Å². The van der Waals surface area contributed by atoms with Crippen molar-refractivity contribution in [2.45, 2.75) is 74.7 Å². The van der Waals surface area contributed by atoms with Gasteiger partial charge in [0, 0.05) is 88.1 Å². The van der Waals surface area contributed by atoms with Crippen LogP contribution in [0.5, 0.6) is 5.75 Å². The molecule has 1 saturated carbocycles. The second kappa shape index (κ2) is 16.0. The predicted octanol–water partition coefficient (Wildman–Crippen LogP) is 5.28. The summed E-state index contributed by atoms with van der Waals surface area (Å²) in [6.07, 6.45) is 11.2. The molecule has 4 aliphatic heterocycles. The van der Waals surface area contributed by atoms with Crippen LogP contribution in [0.4, 0.5) is 5.69 Å². The van der Waals surface area contributed by atoms with E-state index in [0.29, 0.717) is 38.4 Å². The van der Waals surface area contributed by atoms with Gasteiger partial charge in [0.25, 0.3) is 5.91 Å². The van der Waals surface area contributed by atoms with Crippen LogP contribution in [0.2, 0.25) is 5.02 Å². The minimum Gasteiger partial charge on any atom is -0.490 e. The van der Waals surface area contributed by atoms with Gasteiger partial charge in [-0.2, -0.15) is 0 Å². The number of benzene rings is 2. The van der Waals surface area contributed by atoms with Gasteiger partial charge < -0.3 is 19.3 Å². The van der Waals surface area contributed by atoms with Crippen molar-refractivity contribution in [1.82, 2.24) is 19.4 Å². The fourth-order valence-corrected chi connectivity index (χ4v) is 12.1. The summed E-state index contributed by atoms with van der Waals surface area (Å²) >= 11 is 6.52. The predicted molar refractivity (Wildman–Crippen MR) is 224 cm³/mol. The molecule has 3 fully saturated rings. The fourth-order valence-electron chi connectivity index (χ4n) is 10.6. The number of piperazine rings is 2. The highest BCUT2D eigenvalue weighted by Gasteiger charge is 2.50. The highest BCUT2D eigenvalue weighted by atomic mass is 35.5. The van der Waals surface area contributed by atoms with Crippen molar-refractivity contribution < 1.29 is 27.5 Å². The molecule has 1 spiro atoms. The number of sulfonamides is 1. The molecule has 1 N–H and O–H groups in total. The van der Waals surface area contributed by atoms with Crippen molar-refractivity contribution in [3.8, 4) is 5.75 Å². The van der Waals surface area contributed by atoms with Crippen LogP contribution in [-0.2, 0) is 31.4 Å². The Labute approximate surface area is 343 Å². The molecular weight excluding hydrogens is 762 g/mol. The van der Waals surface area contributed by atoms with Crippen molar-refractivity contribution >= 4 is 39.1 Å². The second-order valence-electron chi connectivity index (χ2n) is 17.6. The Hall–Kier alpha value is -3.42. The Morgan fingerprint density at radius 2 is 1.91 bits per heavy atom. The number of carbonyl (C=O) groups is 2. The number of halogens is 1. The van der Waals surface area contributed by atoms with Gasteiger partial charge in [0.2, 0.25) is 15.9 Å². The number of aryl methyl sites for hydroxylation is 1. The van der Waals surface area contributed by atoms with Gasteiger partial charge in [0.15, 0.2) is 0 Å². The van der Waals surface area contributed by atoms with E-state index in [1.54, 1.807) is 13.0 Å². The number of fused-ring (bicyclic) bond motifs is 5. The van der Waals surface area contributed by atoms with Crippen LogP contribution in [0.25, 0.3) is 0 Å². The first-order valence-corrected chi connectivity index (χ1v) is 22.7. The average Bonchev–Trinajstić information content (AvgIpc) is 3.34. The third-order valence-corrected chi connectivity index (χ3v) is 16.5. The van der Waals surface area contributed by atoms with Crippen LogP contribution in [0.15, 0.2) is 61.2 Å². The monoisotopic (exact) mass is 819 g/mol. The summed E-state index contributed by atoms with van der Waals surface area (Å²) < 4.78 is 43.2. The van der Waals surface area contributed by atoms with Gasteiger partial charge in [-0.3, -0.25) is 19.4 Å². The molecule has 2 aromatic rings. The van der Waals surface area contributed by atoms with E-state index >= 15 is 0 Å². The molecule has 2 saturated heterocycles. The molecule has 11 nitrogen and oxygen atoms in total. The number of nitrogens with one attached hydrogen (secondary N) is 1. The first kappa shape index (κ1) is 40.4. The SMILES string of the molecule is C=CC(=O)N1CCN2CCN(C[C@]3(OC)C=CC[C@H](C)[C@@H](C)S(=O)(=O)NC(=O)c4ccc5c(c4)N(C[C@@H]4CC[C@H]43)C[C@@]3(CCCc4cc(Cl)ccc43)CO5)C[C@H]2C1. The van der Waals surface area contributed by atoms with Crippen molar-refractivity contribution in [3.05, 3.63) is 82.9 Å². The Kier molecular flexibility index (Phi) is 11.3. The Bertz CT molecular complexity index is 2030. The van der Waals surface area contributed by atoms with Gasteiger partial charge in [-0.1, -0.05) is 43.3 Å². The van der Waals surface area contributed by atoms with E-state index in [-0.39, 0.29) is 40.7 Å². The lowest BCUT2D eigenvalue weighted by Crippen LogP contribution is -2.65. The lowest BCUT2D eigenvalue weighted by Gasteiger charge is -2.53. The zero-order chi connectivity index (χ0) is 40.1. The Balaban J connectivity index is 1.16. The van der Waals surface area contributed by atoms with Crippen LogP contribution in [0, 0.1) is 17.8 Å². The second-order valence-corrected chi connectivity index (χ2v) is 20.1. The average molecular weight is 820 g/mol. The summed E-state index contributed by atoms with van der Waals surface area (Å²) in [5.41, 5.74) is 2.70. The molecule has 2 bridgehead atoms. The van der Waals surface area contributed by atoms with Crippen LogP contribution in [0.3, 0.4) is 0 Å². The maximum atomic E-state index is 13.7. The zero-order valence-corrected chi connectivity index (χ0v) is 35.2. The number of hydrogen-bond donors (Lipinski definition) is 1. The zero-order valence-electron chi connectivity index (χ0n) is 33.6. The maximum Gasteiger partial charge on any atom is 0.264 e. The van der Waals surface area contributed by atoms with E-state index in [2.05, 4.69) is 50.3 Å². The Morgan fingerprint density at radius 1 is 1.09 bits per heavy atom. The van der Waals surface area contributed by atoms with Crippen molar-refractivity contribution in [2.24, 2.45) is 17.8 Å². The quantitative estimate of drug-likeness (QED) is 0.326. The topological polar surface area (TPSA) is 112 Å². The number of methoxy groups -OCH3 is 1. The largest absolute Gasteiger partial charge is 0.490 e. The number of nitrogens with zero attached hydrogens (tertiary/aromatic N) is 4. The van der Waals surface area contributed by atoms with E-state index in [9.17, 15) is 18.0 Å². The summed E-state index contributed by atoms with van der Waals surface area (Å²) in [6, 6.07) is 11.8. The molecule has 0 radical (unpaired) electrons. The van der Waals surface area contributed by atoms with Crippen LogP contribution < -0.4 is 14.4 Å². The number of carbonyl (C=O) groups excluding carboxylic acids is 2. The number of allylic oxidation sites excluding steroid dienone is 1. The maximum absolute atomic E-state index is 13.7. The molecule has 308 valence electrons. The number of ether oxygens (including phenoxy) is 2. The van der Waals surface area contributed by atoms with E-state index in [4.69, 9.17) is 21.1 Å². The lowest BCUT2D eigenvalue weighted by molar-refractivity contribution is -0.131. The number of rotatable bonds is 4. The third-order valence-electron chi connectivity index (χ3n) is 14.3. The summed E-state index contributed by atoms with van der Waals surface area (Å²) in [7, 11) is -2.17. The van der Waals surface area contributed by atoms with Gasteiger partial charge in [-0.05, 0) is 111 Å². The molecule has 0 aromatic heterocycles. The van der Waals surface area contributed by atoms with E-state index < -0.39 is 26.8 Å². The number of hydrogen-bond acceptors (Lipinski definition) is 9. The minimum absolute atomic E-state index is 0.0160. The van der Waals surface area contributed by atoms with E-state index in [1.807, 2.05) is 37.1 Å². The van der Waals surface area contributed by atoms with Gasteiger partial charge in [0.1, 0.15) is 11.4 Å². The lowest BCUT2D eigenvalue weighted by atomic mass is 9.63. The van der Waals surface area contributed by atoms with Gasteiger partial charge in [-0.15, -0.1) is 0 Å². The summed E-state index contributed by atoms with van der Waals surface area (Å²) in [6.45, 7) is 14.8. The molecule has 0 unspecified atom stereocenters. The molecule has 8 rings (SSSR count). The Morgan fingerprint density at radius 3 is 2.68 bits per heavy atom. The number of anilines is 1. The first-order chi connectivity index (χ1) is 27.3. The molecule has 7 atom stereocenters.